The highest BCUT2D eigenvalue weighted by Gasteiger charge is 2.18. The Morgan fingerprint density at radius 2 is 2.07 bits per heavy atom. The minimum absolute atomic E-state index is 0.0356. The van der Waals surface area contributed by atoms with E-state index in [2.05, 4.69) is 26.2 Å². The SMILES string of the molecule is COc1ccccc1Cn1c(C(=O)NCCN2CCOCC2)cc2sccc21. The molecule has 1 aromatic carbocycles. The minimum atomic E-state index is -0.0356. The van der Waals surface area contributed by atoms with E-state index in [9.17, 15) is 4.79 Å². The van der Waals surface area contributed by atoms with Crippen LogP contribution in [0.15, 0.2) is 41.8 Å². The highest BCUT2D eigenvalue weighted by molar-refractivity contribution is 7.17. The van der Waals surface area contributed by atoms with Crippen LogP contribution in [-0.4, -0.2) is 61.9 Å². The summed E-state index contributed by atoms with van der Waals surface area (Å²) in [6.07, 6.45) is 0. The van der Waals surface area contributed by atoms with Crippen molar-refractivity contribution < 1.29 is 14.3 Å². The summed E-state index contributed by atoms with van der Waals surface area (Å²) in [7, 11) is 1.67. The molecule has 0 atom stereocenters. The molecule has 0 spiro atoms. The largest absolute Gasteiger partial charge is 0.496 e. The van der Waals surface area contributed by atoms with Gasteiger partial charge in [0.05, 0.1) is 37.1 Å². The molecule has 4 rings (SSSR count). The maximum Gasteiger partial charge on any atom is 0.268 e. The second kappa shape index (κ2) is 8.77. The summed E-state index contributed by atoms with van der Waals surface area (Å²) in [4.78, 5) is 15.2. The van der Waals surface area contributed by atoms with Gasteiger partial charge in [-0.15, -0.1) is 11.3 Å². The quantitative estimate of drug-likeness (QED) is 0.664. The number of hydrogen-bond donors (Lipinski definition) is 1. The number of hydrogen-bond acceptors (Lipinski definition) is 5. The van der Waals surface area contributed by atoms with Crippen molar-refractivity contribution in [3.63, 3.8) is 0 Å². The summed E-state index contributed by atoms with van der Waals surface area (Å²) >= 11 is 1.65. The number of fused-ring (bicyclic) bond motifs is 1. The normalized spacial score (nSPS) is 15.0. The number of nitrogens with zero attached hydrogens (tertiary/aromatic N) is 2. The number of thiophene rings is 1. The Hall–Kier alpha value is -2.35. The highest BCUT2D eigenvalue weighted by Crippen LogP contribution is 2.28. The van der Waals surface area contributed by atoms with Crippen molar-refractivity contribution in [3.8, 4) is 5.75 Å². The topological polar surface area (TPSA) is 55.7 Å². The number of benzene rings is 1. The van der Waals surface area contributed by atoms with Gasteiger partial charge in [0.25, 0.3) is 5.91 Å². The molecule has 0 saturated carbocycles. The van der Waals surface area contributed by atoms with E-state index in [4.69, 9.17) is 9.47 Å². The first-order valence-corrected chi connectivity index (χ1v) is 10.4. The monoisotopic (exact) mass is 399 g/mol. The number of nitrogens with one attached hydrogen (secondary N) is 1. The summed E-state index contributed by atoms with van der Waals surface area (Å²) in [6, 6.07) is 12.0. The number of rotatable bonds is 7. The van der Waals surface area contributed by atoms with Crippen molar-refractivity contribution in [1.82, 2.24) is 14.8 Å². The number of para-hydroxylation sites is 1. The Kier molecular flexibility index (Phi) is 5.95. The van der Waals surface area contributed by atoms with Crippen molar-refractivity contribution >= 4 is 27.5 Å². The summed E-state index contributed by atoms with van der Waals surface area (Å²) in [5.74, 6) is 0.796. The number of morpholine rings is 1. The van der Waals surface area contributed by atoms with E-state index >= 15 is 0 Å². The molecule has 7 heteroatoms. The predicted molar refractivity (Wildman–Crippen MR) is 112 cm³/mol. The van der Waals surface area contributed by atoms with Crippen LogP contribution in [0.2, 0.25) is 0 Å². The Morgan fingerprint density at radius 1 is 1.25 bits per heavy atom. The Bertz CT molecular complexity index is 943. The van der Waals surface area contributed by atoms with Gasteiger partial charge >= 0.3 is 0 Å². The summed E-state index contributed by atoms with van der Waals surface area (Å²) < 4.78 is 14.1. The molecule has 1 saturated heterocycles. The van der Waals surface area contributed by atoms with Gasteiger partial charge in [-0.2, -0.15) is 0 Å². The van der Waals surface area contributed by atoms with Crippen LogP contribution in [0.25, 0.3) is 10.2 Å². The molecule has 148 valence electrons. The van der Waals surface area contributed by atoms with E-state index < -0.39 is 0 Å². The molecule has 0 radical (unpaired) electrons. The number of carbonyl (C=O) groups is 1. The zero-order valence-corrected chi connectivity index (χ0v) is 16.8. The van der Waals surface area contributed by atoms with Crippen molar-refractivity contribution in [2.75, 3.05) is 46.5 Å². The maximum absolute atomic E-state index is 12.9. The van der Waals surface area contributed by atoms with Gasteiger partial charge < -0.3 is 19.4 Å². The lowest BCUT2D eigenvalue weighted by molar-refractivity contribution is 0.0383. The molecule has 1 aliphatic rings. The van der Waals surface area contributed by atoms with E-state index in [1.54, 1.807) is 18.4 Å². The van der Waals surface area contributed by atoms with Gasteiger partial charge in [0.1, 0.15) is 11.4 Å². The molecule has 1 fully saturated rings. The van der Waals surface area contributed by atoms with Gasteiger partial charge in [0.2, 0.25) is 0 Å². The molecule has 0 unspecified atom stereocenters. The highest BCUT2D eigenvalue weighted by atomic mass is 32.1. The molecule has 0 bridgehead atoms. The number of aromatic nitrogens is 1. The maximum atomic E-state index is 12.9. The summed E-state index contributed by atoms with van der Waals surface area (Å²) in [5.41, 5.74) is 2.82. The molecule has 1 amide bonds. The van der Waals surface area contributed by atoms with Crippen LogP contribution in [0.4, 0.5) is 0 Å². The molecule has 1 aliphatic heterocycles. The fraction of sp³-hybridized carbons (Fsp3) is 0.381. The molecule has 6 nitrogen and oxygen atoms in total. The first-order chi connectivity index (χ1) is 13.8. The van der Waals surface area contributed by atoms with Gasteiger partial charge in [-0.3, -0.25) is 9.69 Å². The summed E-state index contributed by atoms with van der Waals surface area (Å²) in [5, 5.41) is 5.14. The average Bonchev–Trinajstić information content (AvgIpc) is 3.32. The minimum Gasteiger partial charge on any atom is -0.496 e. The Morgan fingerprint density at radius 3 is 2.89 bits per heavy atom. The van der Waals surface area contributed by atoms with E-state index in [-0.39, 0.29) is 5.91 Å². The molecule has 28 heavy (non-hydrogen) atoms. The lowest BCUT2D eigenvalue weighted by Gasteiger charge is -2.26. The fourth-order valence-electron chi connectivity index (χ4n) is 3.58. The Balaban J connectivity index is 1.51. The second-order valence-electron chi connectivity index (χ2n) is 6.81. The summed E-state index contributed by atoms with van der Waals surface area (Å²) in [6.45, 7) is 5.46. The third-order valence-electron chi connectivity index (χ3n) is 5.09. The lowest BCUT2D eigenvalue weighted by atomic mass is 10.2. The first-order valence-electron chi connectivity index (χ1n) is 9.53. The standard InChI is InChI=1S/C21H25N3O3S/c1-26-19-5-3-2-4-16(19)15-24-17-6-13-28-20(17)14-18(24)21(25)22-7-8-23-9-11-27-12-10-23/h2-6,13-14H,7-12,15H2,1H3,(H,22,25). The zero-order valence-electron chi connectivity index (χ0n) is 16.0. The van der Waals surface area contributed by atoms with Crippen molar-refractivity contribution in [3.05, 3.63) is 53.0 Å². The van der Waals surface area contributed by atoms with Crippen LogP contribution in [-0.2, 0) is 11.3 Å². The average molecular weight is 400 g/mol. The molecule has 1 N–H and O–H groups in total. The van der Waals surface area contributed by atoms with Crippen LogP contribution in [0.1, 0.15) is 16.1 Å². The zero-order chi connectivity index (χ0) is 19.3. The Labute approximate surface area is 168 Å². The number of methoxy groups -OCH3 is 1. The molecular weight excluding hydrogens is 374 g/mol. The first kappa shape index (κ1) is 19.0. The van der Waals surface area contributed by atoms with Crippen LogP contribution in [0.3, 0.4) is 0 Å². The third kappa shape index (κ3) is 4.06. The van der Waals surface area contributed by atoms with Gasteiger partial charge in [-0.25, -0.2) is 0 Å². The van der Waals surface area contributed by atoms with Crippen LogP contribution < -0.4 is 10.1 Å². The molecule has 3 heterocycles. The van der Waals surface area contributed by atoms with Crippen molar-refractivity contribution in [2.45, 2.75) is 6.54 Å². The van der Waals surface area contributed by atoms with Gasteiger partial charge in [0.15, 0.2) is 0 Å². The van der Waals surface area contributed by atoms with E-state index in [0.717, 1.165) is 54.4 Å². The van der Waals surface area contributed by atoms with Gasteiger partial charge in [-0.05, 0) is 23.6 Å². The van der Waals surface area contributed by atoms with E-state index in [1.807, 2.05) is 30.3 Å². The molecule has 3 aromatic rings. The van der Waals surface area contributed by atoms with Crippen molar-refractivity contribution in [2.24, 2.45) is 0 Å². The molecular formula is C21H25N3O3S. The van der Waals surface area contributed by atoms with Gasteiger partial charge in [-0.1, -0.05) is 18.2 Å². The predicted octanol–water partition coefficient (Wildman–Crippen LogP) is 2.82. The second-order valence-corrected chi connectivity index (χ2v) is 7.76. The molecule has 0 aliphatic carbocycles. The van der Waals surface area contributed by atoms with E-state index in [1.165, 1.54) is 0 Å². The number of ether oxygens (including phenoxy) is 2. The van der Waals surface area contributed by atoms with Gasteiger partial charge in [0, 0.05) is 31.7 Å². The molecule has 2 aromatic heterocycles. The smallest absolute Gasteiger partial charge is 0.268 e. The van der Waals surface area contributed by atoms with Crippen LogP contribution in [0, 0.1) is 0 Å². The number of amides is 1. The third-order valence-corrected chi connectivity index (χ3v) is 5.95. The fourth-order valence-corrected chi connectivity index (χ4v) is 4.40. The number of carbonyl (C=O) groups excluding carboxylic acids is 1. The van der Waals surface area contributed by atoms with Crippen LogP contribution in [0.5, 0.6) is 5.75 Å². The van der Waals surface area contributed by atoms with Crippen LogP contribution >= 0.6 is 11.3 Å². The lowest BCUT2D eigenvalue weighted by Crippen LogP contribution is -2.41. The van der Waals surface area contributed by atoms with Crippen molar-refractivity contribution in [1.29, 1.82) is 0 Å². The van der Waals surface area contributed by atoms with E-state index in [0.29, 0.717) is 18.8 Å².